The zero-order chi connectivity index (χ0) is 18.4. The topological polar surface area (TPSA) is 38.7 Å². The Morgan fingerprint density at radius 1 is 1.00 bits per heavy atom. The predicted molar refractivity (Wildman–Crippen MR) is 102 cm³/mol. The number of aliphatic hydroxyl groups is 1. The first-order chi connectivity index (χ1) is 10.5. The fourth-order valence-electron chi connectivity index (χ4n) is 3.72. The van der Waals surface area contributed by atoms with Crippen molar-refractivity contribution in [2.75, 3.05) is 6.61 Å². The summed E-state index contributed by atoms with van der Waals surface area (Å²) >= 11 is 0. The molecule has 4 heteroatoms. The van der Waals surface area contributed by atoms with Crippen LogP contribution in [-0.2, 0) is 9.16 Å². The Balaban J connectivity index is 5.77. The number of rotatable bonds is 10. The second kappa shape index (κ2) is 9.35. The molecule has 0 saturated heterocycles. The minimum atomic E-state index is -2.07. The molecule has 2 atom stereocenters. The molecule has 0 aliphatic carbocycles. The largest absolute Gasteiger partial charge is 0.391 e. The standard InChI is InChI=1S/C19H40O3Si/c1-11-13-17(20)19(9,10)18(21-12-2)22-23(14(3)4,15(5)6)16(7)8/h11,13-18,20H,12H2,1-10H3/b13-11+. The van der Waals surface area contributed by atoms with Crippen molar-refractivity contribution >= 4 is 8.32 Å². The van der Waals surface area contributed by atoms with Gasteiger partial charge in [-0.05, 0) is 30.5 Å². The van der Waals surface area contributed by atoms with Crippen LogP contribution in [0.25, 0.3) is 0 Å². The minimum absolute atomic E-state index is 0.405. The van der Waals surface area contributed by atoms with Gasteiger partial charge < -0.3 is 14.3 Å². The summed E-state index contributed by atoms with van der Waals surface area (Å²) in [5.74, 6) is 0. The van der Waals surface area contributed by atoms with Crippen molar-refractivity contribution in [1.82, 2.24) is 0 Å². The number of hydrogen-bond acceptors (Lipinski definition) is 3. The Morgan fingerprint density at radius 2 is 1.43 bits per heavy atom. The van der Waals surface area contributed by atoms with Crippen LogP contribution in [0, 0.1) is 5.41 Å². The van der Waals surface area contributed by atoms with Gasteiger partial charge in [0.1, 0.15) is 0 Å². The van der Waals surface area contributed by atoms with Gasteiger partial charge in [-0.25, -0.2) is 0 Å². The van der Waals surface area contributed by atoms with Crippen molar-refractivity contribution in [2.24, 2.45) is 5.41 Å². The van der Waals surface area contributed by atoms with E-state index in [9.17, 15) is 5.11 Å². The van der Waals surface area contributed by atoms with Gasteiger partial charge in [0.15, 0.2) is 6.29 Å². The summed E-state index contributed by atoms with van der Waals surface area (Å²) in [6, 6.07) is 0. The molecule has 23 heavy (non-hydrogen) atoms. The highest BCUT2D eigenvalue weighted by molar-refractivity contribution is 6.77. The van der Waals surface area contributed by atoms with Crippen molar-refractivity contribution in [3.63, 3.8) is 0 Å². The van der Waals surface area contributed by atoms with E-state index < -0.39 is 26.1 Å². The molecule has 0 aromatic heterocycles. The molecular weight excluding hydrogens is 304 g/mol. The second-order valence-electron chi connectivity index (χ2n) is 8.01. The first-order valence-electron chi connectivity index (χ1n) is 9.08. The van der Waals surface area contributed by atoms with Crippen molar-refractivity contribution in [1.29, 1.82) is 0 Å². The molecule has 2 unspecified atom stereocenters. The van der Waals surface area contributed by atoms with Crippen molar-refractivity contribution in [3.8, 4) is 0 Å². The lowest BCUT2D eigenvalue weighted by molar-refractivity contribution is -0.176. The van der Waals surface area contributed by atoms with E-state index in [1.807, 2.05) is 39.8 Å². The fourth-order valence-corrected chi connectivity index (χ4v) is 9.27. The highest BCUT2D eigenvalue weighted by Crippen LogP contribution is 2.45. The molecule has 0 heterocycles. The van der Waals surface area contributed by atoms with Crippen molar-refractivity contribution < 1.29 is 14.3 Å². The van der Waals surface area contributed by atoms with E-state index in [1.54, 1.807) is 0 Å². The molecule has 0 bridgehead atoms. The summed E-state index contributed by atoms with van der Waals surface area (Å²) in [5.41, 5.74) is 0.958. The van der Waals surface area contributed by atoms with E-state index in [2.05, 4.69) is 41.5 Å². The molecule has 0 rings (SSSR count). The zero-order valence-corrected chi connectivity index (χ0v) is 18.0. The van der Waals surface area contributed by atoms with Crippen LogP contribution in [0.3, 0.4) is 0 Å². The van der Waals surface area contributed by atoms with Crippen molar-refractivity contribution in [3.05, 3.63) is 12.2 Å². The van der Waals surface area contributed by atoms with Crippen LogP contribution in [0.5, 0.6) is 0 Å². The van der Waals surface area contributed by atoms with Crippen LogP contribution in [0.15, 0.2) is 12.2 Å². The third kappa shape index (κ3) is 5.15. The maximum atomic E-state index is 10.6. The van der Waals surface area contributed by atoms with Crippen LogP contribution in [0.2, 0.25) is 16.6 Å². The Labute approximate surface area is 145 Å². The van der Waals surface area contributed by atoms with Crippen molar-refractivity contribution in [2.45, 2.75) is 98.3 Å². The van der Waals surface area contributed by atoms with E-state index >= 15 is 0 Å². The average Bonchev–Trinajstić information content (AvgIpc) is 2.42. The number of aliphatic hydroxyl groups excluding tert-OH is 1. The molecule has 0 radical (unpaired) electrons. The molecule has 0 aromatic rings. The molecule has 138 valence electrons. The summed E-state index contributed by atoms with van der Waals surface area (Å²) < 4.78 is 12.8. The monoisotopic (exact) mass is 344 g/mol. The predicted octanol–water partition coefficient (Wildman–Crippen LogP) is 5.50. The highest BCUT2D eigenvalue weighted by Gasteiger charge is 2.50. The average molecular weight is 345 g/mol. The molecule has 3 nitrogen and oxygen atoms in total. The Hall–Kier alpha value is -0.163. The van der Waals surface area contributed by atoms with E-state index in [-0.39, 0.29) is 0 Å². The van der Waals surface area contributed by atoms with E-state index in [4.69, 9.17) is 9.16 Å². The summed E-state index contributed by atoms with van der Waals surface area (Å²) in [6.07, 6.45) is 2.70. The van der Waals surface area contributed by atoms with E-state index in [0.29, 0.717) is 23.2 Å². The van der Waals surface area contributed by atoms with E-state index in [0.717, 1.165) is 0 Å². The molecule has 0 aromatic carbocycles. The first kappa shape index (κ1) is 22.8. The summed E-state index contributed by atoms with van der Waals surface area (Å²) in [7, 11) is -2.07. The fraction of sp³-hybridized carbons (Fsp3) is 0.895. The lowest BCUT2D eigenvalue weighted by Crippen LogP contribution is -2.55. The molecule has 0 aliphatic heterocycles. The van der Waals surface area contributed by atoms with Gasteiger partial charge in [0, 0.05) is 12.0 Å². The molecule has 0 spiro atoms. The van der Waals surface area contributed by atoms with Crippen LogP contribution in [-0.4, -0.2) is 32.4 Å². The molecule has 0 amide bonds. The smallest absolute Gasteiger partial charge is 0.203 e. The minimum Gasteiger partial charge on any atom is -0.391 e. The first-order valence-corrected chi connectivity index (χ1v) is 11.2. The maximum Gasteiger partial charge on any atom is 0.203 e. The SMILES string of the molecule is C/C=C/C(O)C(C)(C)C(OCC)O[Si](C(C)C)(C(C)C)C(C)C. The van der Waals surface area contributed by atoms with Crippen LogP contribution in [0.4, 0.5) is 0 Å². The summed E-state index contributed by atoms with van der Waals surface area (Å²) in [6.45, 7) is 22.1. The quantitative estimate of drug-likeness (QED) is 0.323. The van der Waals surface area contributed by atoms with Gasteiger partial charge in [-0.3, -0.25) is 0 Å². The van der Waals surface area contributed by atoms with Gasteiger partial charge in [0.25, 0.3) is 0 Å². The molecule has 0 fully saturated rings. The van der Waals surface area contributed by atoms with Gasteiger partial charge in [-0.1, -0.05) is 67.5 Å². The molecule has 0 saturated carbocycles. The molecular formula is C19H40O3Si. The normalized spacial score (nSPS) is 16.8. The lowest BCUT2D eigenvalue weighted by Gasteiger charge is -2.48. The number of ether oxygens (including phenoxy) is 1. The van der Waals surface area contributed by atoms with Crippen LogP contribution in [0.1, 0.15) is 69.2 Å². The number of allylic oxidation sites excluding steroid dienone is 1. The molecule has 1 N–H and O–H groups in total. The van der Waals surface area contributed by atoms with Gasteiger partial charge in [0.05, 0.1) is 6.10 Å². The second-order valence-corrected chi connectivity index (χ2v) is 13.4. The summed E-state index contributed by atoms with van der Waals surface area (Å²) in [4.78, 5) is 0. The molecule has 0 aliphatic rings. The lowest BCUT2D eigenvalue weighted by atomic mass is 9.85. The Bertz CT molecular complexity index is 340. The summed E-state index contributed by atoms with van der Waals surface area (Å²) in [5, 5.41) is 10.6. The Kier molecular flexibility index (Phi) is 9.29. The van der Waals surface area contributed by atoms with Gasteiger partial charge >= 0.3 is 0 Å². The van der Waals surface area contributed by atoms with E-state index in [1.165, 1.54) is 0 Å². The third-order valence-corrected chi connectivity index (χ3v) is 11.1. The number of hydrogen-bond donors (Lipinski definition) is 1. The Morgan fingerprint density at radius 3 is 1.74 bits per heavy atom. The highest BCUT2D eigenvalue weighted by atomic mass is 28.4. The van der Waals surface area contributed by atoms with Gasteiger partial charge in [-0.15, -0.1) is 0 Å². The van der Waals surface area contributed by atoms with Gasteiger partial charge in [0.2, 0.25) is 8.32 Å². The van der Waals surface area contributed by atoms with Crippen LogP contribution >= 0.6 is 0 Å². The van der Waals surface area contributed by atoms with Crippen LogP contribution < -0.4 is 0 Å². The third-order valence-electron chi connectivity index (χ3n) is 5.08. The zero-order valence-electron chi connectivity index (χ0n) is 17.0. The maximum absolute atomic E-state index is 10.6. The van der Waals surface area contributed by atoms with Gasteiger partial charge in [-0.2, -0.15) is 0 Å².